The molecule has 1 atom stereocenters. The number of rotatable bonds is 12. The highest BCUT2D eigenvalue weighted by Gasteiger charge is 2.14. The molecule has 8 nitrogen and oxygen atoms in total. The van der Waals surface area contributed by atoms with Gasteiger partial charge in [-0.2, -0.15) is 5.21 Å². The average molecular weight is 601 g/mol. The lowest BCUT2D eigenvalue weighted by Gasteiger charge is -2.12. The largest absolute Gasteiger partial charge is 0.494 e. The molecule has 0 spiro atoms. The fourth-order valence-electron chi connectivity index (χ4n) is 4.75. The van der Waals surface area contributed by atoms with Gasteiger partial charge in [0.1, 0.15) is 27.9 Å². The standard InChI is InChI=1S/C32H32N4O4S2/c1-4-6-25(19-32-33-35-36-34-32)24-8-10-26(11-9-24)40-20-23-7-14-31-29(18-23)30(21-41-31)28-13-12-27(17-22(28)2)39-15-5-16-42(3,37)38/h7-14,17-18,21,25H,5,15-16,19-20H2,1-3H3,(H,33,34,35,36)/t25-/m0/s1. The predicted octanol–water partition coefficient (Wildman–Crippen LogP) is 6.13. The smallest absolute Gasteiger partial charge is 0.176 e. The first-order chi connectivity index (χ1) is 20.3. The predicted molar refractivity (Wildman–Crippen MR) is 167 cm³/mol. The Bertz CT molecular complexity index is 1820. The van der Waals surface area contributed by atoms with E-state index in [1.54, 1.807) is 11.3 Å². The van der Waals surface area contributed by atoms with Crippen LogP contribution in [-0.2, 0) is 22.9 Å². The minimum absolute atomic E-state index is 0.0231. The van der Waals surface area contributed by atoms with Gasteiger partial charge in [-0.3, -0.25) is 0 Å². The number of sulfone groups is 1. The maximum absolute atomic E-state index is 11.3. The van der Waals surface area contributed by atoms with Crippen molar-refractivity contribution in [2.24, 2.45) is 0 Å². The van der Waals surface area contributed by atoms with Gasteiger partial charge in [0.2, 0.25) is 0 Å². The molecule has 0 saturated heterocycles. The first-order valence-electron chi connectivity index (χ1n) is 13.6. The van der Waals surface area contributed by atoms with Gasteiger partial charge in [0.25, 0.3) is 0 Å². The van der Waals surface area contributed by atoms with E-state index < -0.39 is 9.84 Å². The second-order valence-corrected chi connectivity index (χ2v) is 13.3. The molecule has 2 heterocycles. The van der Waals surface area contributed by atoms with Gasteiger partial charge in [-0.1, -0.05) is 35.4 Å². The van der Waals surface area contributed by atoms with Crippen LogP contribution in [0.2, 0.25) is 0 Å². The minimum atomic E-state index is -2.98. The summed E-state index contributed by atoms with van der Waals surface area (Å²) in [6.45, 7) is 4.71. The Morgan fingerprint density at radius 3 is 2.52 bits per heavy atom. The van der Waals surface area contributed by atoms with E-state index in [1.165, 1.54) is 21.9 Å². The Morgan fingerprint density at radius 2 is 1.81 bits per heavy atom. The number of nitrogens with one attached hydrogen (secondary N) is 1. The van der Waals surface area contributed by atoms with E-state index in [4.69, 9.17) is 9.47 Å². The van der Waals surface area contributed by atoms with E-state index in [0.29, 0.717) is 31.9 Å². The summed E-state index contributed by atoms with van der Waals surface area (Å²) >= 11 is 1.72. The second kappa shape index (κ2) is 13.2. The highest BCUT2D eigenvalue weighted by atomic mass is 32.2. The Kier molecular flexibility index (Phi) is 9.20. The molecule has 0 amide bonds. The van der Waals surface area contributed by atoms with Crippen molar-refractivity contribution < 1.29 is 17.9 Å². The van der Waals surface area contributed by atoms with E-state index in [1.807, 2.05) is 43.3 Å². The van der Waals surface area contributed by atoms with Crippen molar-refractivity contribution in [2.75, 3.05) is 18.6 Å². The maximum Gasteiger partial charge on any atom is 0.176 e. The third kappa shape index (κ3) is 7.55. The zero-order chi connectivity index (χ0) is 29.5. The monoisotopic (exact) mass is 600 g/mol. The van der Waals surface area contributed by atoms with Crippen LogP contribution in [0.4, 0.5) is 0 Å². The summed E-state index contributed by atoms with van der Waals surface area (Å²) in [4.78, 5) is 0. The third-order valence-electron chi connectivity index (χ3n) is 6.84. The molecule has 0 unspecified atom stereocenters. The number of thiophene rings is 1. The molecular weight excluding hydrogens is 569 g/mol. The van der Waals surface area contributed by atoms with E-state index in [-0.39, 0.29) is 11.7 Å². The van der Waals surface area contributed by atoms with Crippen LogP contribution in [0.1, 0.15) is 41.8 Å². The van der Waals surface area contributed by atoms with Crippen molar-refractivity contribution in [3.05, 3.63) is 88.6 Å². The number of hydrogen-bond acceptors (Lipinski definition) is 8. The summed E-state index contributed by atoms with van der Waals surface area (Å²) in [5.41, 5.74) is 5.58. The number of benzene rings is 3. The minimum Gasteiger partial charge on any atom is -0.494 e. The van der Waals surface area contributed by atoms with Crippen molar-refractivity contribution in [2.45, 2.75) is 39.2 Å². The van der Waals surface area contributed by atoms with Crippen LogP contribution in [0.3, 0.4) is 0 Å². The number of tetrazole rings is 1. The Hall–Kier alpha value is -4.20. The number of H-pyrrole nitrogens is 1. The molecule has 0 aliphatic rings. The van der Waals surface area contributed by atoms with Gasteiger partial charge < -0.3 is 9.47 Å². The lowest BCUT2D eigenvalue weighted by atomic mass is 9.96. The highest BCUT2D eigenvalue weighted by Crippen LogP contribution is 2.37. The van der Waals surface area contributed by atoms with Gasteiger partial charge in [-0.05, 0) is 84.3 Å². The van der Waals surface area contributed by atoms with Crippen molar-refractivity contribution in [1.29, 1.82) is 0 Å². The third-order valence-corrected chi connectivity index (χ3v) is 8.83. The molecule has 5 rings (SSSR count). The van der Waals surface area contributed by atoms with E-state index in [9.17, 15) is 8.42 Å². The van der Waals surface area contributed by atoms with Gasteiger partial charge in [0.05, 0.1) is 18.3 Å². The molecule has 1 N–H and O–H groups in total. The normalized spacial score (nSPS) is 12.1. The van der Waals surface area contributed by atoms with Gasteiger partial charge in [0, 0.05) is 28.3 Å². The Labute approximate surface area is 250 Å². The van der Waals surface area contributed by atoms with Crippen molar-refractivity contribution in [3.8, 4) is 34.5 Å². The van der Waals surface area contributed by atoms with Gasteiger partial charge in [-0.25, -0.2) is 8.42 Å². The molecule has 0 aliphatic heterocycles. The zero-order valence-electron chi connectivity index (χ0n) is 23.8. The van der Waals surface area contributed by atoms with Crippen LogP contribution in [0, 0.1) is 18.8 Å². The molecule has 0 aliphatic carbocycles. The first-order valence-corrected chi connectivity index (χ1v) is 16.5. The van der Waals surface area contributed by atoms with Crippen molar-refractivity contribution in [1.82, 2.24) is 20.6 Å². The molecule has 0 radical (unpaired) electrons. The molecule has 0 bridgehead atoms. The number of fused-ring (bicyclic) bond motifs is 1. The number of nitrogens with zero attached hydrogens (tertiary/aromatic N) is 3. The number of aromatic amines is 1. The van der Waals surface area contributed by atoms with E-state index in [0.717, 1.165) is 33.8 Å². The van der Waals surface area contributed by atoms with Gasteiger partial charge >= 0.3 is 0 Å². The van der Waals surface area contributed by atoms with Crippen LogP contribution < -0.4 is 9.47 Å². The van der Waals surface area contributed by atoms with Crippen LogP contribution in [-0.4, -0.2) is 47.7 Å². The molecule has 216 valence electrons. The Balaban J connectivity index is 1.25. The van der Waals surface area contributed by atoms with Gasteiger partial charge in [-0.15, -0.1) is 27.5 Å². The SMILES string of the molecule is CC#C[C@@H](Cc1nn[nH]n1)c1ccc(OCc2ccc3scc(-c4ccc(OCCCS(C)(=O)=O)cc4C)c3c2)cc1. The fourth-order valence-corrected chi connectivity index (χ4v) is 6.34. The summed E-state index contributed by atoms with van der Waals surface area (Å²) in [7, 11) is -2.98. The average Bonchev–Trinajstić information content (AvgIpc) is 3.64. The second-order valence-electron chi connectivity index (χ2n) is 10.1. The van der Waals surface area contributed by atoms with Crippen molar-refractivity contribution >= 4 is 31.3 Å². The molecular formula is C32H32N4O4S2. The van der Waals surface area contributed by atoms with Crippen LogP contribution in [0.5, 0.6) is 11.5 Å². The van der Waals surface area contributed by atoms with E-state index >= 15 is 0 Å². The summed E-state index contributed by atoms with van der Waals surface area (Å²) in [5, 5.41) is 17.6. The number of hydrogen-bond donors (Lipinski definition) is 1. The summed E-state index contributed by atoms with van der Waals surface area (Å²) in [6, 6.07) is 20.5. The van der Waals surface area contributed by atoms with Crippen LogP contribution in [0.25, 0.3) is 21.2 Å². The lowest BCUT2D eigenvalue weighted by molar-refractivity contribution is 0.306. The molecule has 0 fully saturated rings. The number of ether oxygens (including phenoxy) is 2. The van der Waals surface area contributed by atoms with Crippen LogP contribution >= 0.6 is 11.3 Å². The van der Waals surface area contributed by atoms with Crippen LogP contribution in [0.15, 0.2) is 66.0 Å². The maximum atomic E-state index is 11.3. The summed E-state index contributed by atoms with van der Waals surface area (Å²) < 4.78 is 35.8. The van der Waals surface area contributed by atoms with E-state index in [2.05, 4.69) is 69.0 Å². The molecule has 2 aromatic heterocycles. The topological polar surface area (TPSA) is 107 Å². The summed E-state index contributed by atoms with van der Waals surface area (Å²) in [5.74, 6) is 8.49. The highest BCUT2D eigenvalue weighted by molar-refractivity contribution is 7.90. The molecule has 0 saturated carbocycles. The number of aromatic nitrogens is 4. The first kappa shape index (κ1) is 29.3. The van der Waals surface area contributed by atoms with Crippen molar-refractivity contribution in [3.63, 3.8) is 0 Å². The lowest BCUT2D eigenvalue weighted by Crippen LogP contribution is -2.08. The molecule has 5 aromatic rings. The zero-order valence-corrected chi connectivity index (χ0v) is 25.4. The number of aryl methyl sites for hydroxylation is 1. The fraction of sp³-hybridized carbons (Fsp3) is 0.281. The molecule has 42 heavy (non-hydrogen) atoms. The quantitative estimate of drug-likeness (QED) is 0.136. The molecule has 10 heteroatoms. The van der Waals surface area contributed by atoms with Gasteiger partial charge in [0.15, 0.2) is 5.82 Å². The molecule has 3 aromatic carbocycles. The Morgan fingerprint density at radius 1 is 1.00 bits per heavy atom. The summed E-state index contributed by atoms with van der Waals surface area (Å²) in [6.07, 6.45) is 2.30.